The second kappa shape index (κ2) is 9.32. The summed E-state index contributed by atoms with van der Waals surface area (Å²) < 4.78 is 5.30. The summed E-state index contributed by atoms with van der Waals surface area (Å²) in [5, 5.41) is 3.95. The molecular formula is C16H19Cl2N3O2S. The number of hydrogen-bond donors (Lipinski definition) is 2. The minimum atomic E-state index is -0.299. The topological polar surface area (TPSA) is 81.1 Å². The molecule has 0 saturated heterocycles. The number of rotatable bonds is 8. The highest BCUT2D eigenvalue weighted by Gasteiger charge is 2.16. The fourth-order valence-electron chi connectivity index (χ4n) is 2.06. The zero-order valence-electron chi connectivity index (χ0n) is 13.2. The van der Waals surface area contributed by atoms with Gasteiger partial charge < -0.3 is 15.5 Å². The van der Waals surface area contributed by atoms with Gasteiger partial charge in [0.05, 0.1) is 6.04 Å². The Balaban J connectivity index is 1.85. The van der Waals surface area contributed by atoms with Crippen LogP contribution in [0.1, 0.15) is 34.4 Å². The van der Waals surface area contributed by atoms with Gasteiger partial charge in [-0.1, -0.05) is 29.3 Å². The first-order valence-electron chi connectivity index (χ1n) is 7.43. The van der Waals surface area contributed by atoms with Gasteiger partial charge in [-0.2, -0.15) is 11.8 Å². The van der Waals surface area contributed by atoms with Crippen molar-refractivity contribution in [3.05, 3.63) is 51.7 Å². The Hall–Kier alpha value is -1.21. The molecule has 130 valence electrons. The van der Waals surface area contributed by atoms with Crippen molar-refractivity contribution >= 4 is 40.9 Å². The number of nitrogens with zero attached hydrogens (tertiary/aromatic N) is 1. The predicted molar refractivity (Wildman–Crippen MR) is 98.9 cm³/mol. The number of thioether (sulfide) groups is 1. The molecule has 0 bridgehead atoms. The fourth-order valence-corrected chi connectivity index (χ4v) is 3.05. The molecule has 2 rings (SSSR count). The third-order valence-electron chi connectivity index (χ3n) is 3.40. The van der Waals surface area contributed by atoms with Crippen molar-refractivity contribution in [2.75, 3.05) is 18.6 Å². The van der Waals surface area contributed by atoms with Gasteiger partial charge in [-0.3, -0.25) is 4.79 Å². The first-order chi connectivity index (χ1) is 11.5. The van der Waals surface area contributed by atoms with Crippen LogP contribution in [0.15, 0.2) is 28.9 Å². The number of nitrogens with two attached hydrogens (primary N) is 1. The normalized spacial score (nSPS) is 12.2. The first-order valence-corrected chi connectivity index (χ1v) is 9.58. The molecule has 1 atom stereocenters. The first kappa shape index (κ1) is 19.1. The molecule has 0 saturated carbocycles. The predicted octanol–water partition coefficient (Wildman–Crippen LogP) is 3.71. The molecule has 0 aliphatic carbocycles. The lowest BCUT2D eigenvalue weighted by Gasteiger charge is -2.06. The Bertz CT molecular complexity index is 694. The minimum Gasteiger partial charge on any atom is -0.446 e. The Morgan fingerprint density at radius 2 is 2.25 bits per heavy atom. The molecule has 1 aromatic heterocycles. The number of benzene rings is 1. The van der Waals surface area contributed by atoms with Crippen LogP contribution >= 0.6 is 35.0 Å². The standard InChI is InChI=1S/C16H19Cl2N3O2S/c1-24-7-5-13(19)16-21-14(9-23-16)15(22)20-6-4-10-2-3-11(17)8-12(10)18/h2-3,8-9,13H,4-7,19H2,1H3,(H,20,22). The average Bonchev–Trinajstić information content (AvgIpc) is 3.04. The van der Waals surface area contributed by atoms with Crippen molar-refractivity contribution in [2.24, 2.45) is 5.73 Å². The van der Waals surface area contributed by atoms with Gasteiger partial charge in [0.25, 0.3) is 5.91 Å². The number of carbonyl (C=O) groups is 1. The maximum Gasteiger partial charge on any atom is 0.273 e. The van der Waals surface area contributed by atoms with Crippen molar-refractivity contribution in [2.45, 2.75) is 18.9 Å². The number of hydrogen-bond acceptors (Lipinski definition) is 5. The van der Waals surface area contributed by atoms with Crippen LogP contribution in [-0.2, 0) is 6.42 Å². The summed E-state index contributed by atoms with van der Waals surface area (Å²) in [6, 6.07) is 4.99. The van der Waals surface area contributed by atoms with E-state index in [9.17, 15) is 4.79 Å². The van der Waals surface area contributed by atoms with Crippen LogP contribution in [0.2, 0.25) is 10.0 Å². The fraction of sp³-hybridized carbons (Fsp3) is 0.375. The van der Waals surface area contributed by atoms with E-state index in [2.05, 4.69) is 10.3 Å². The van der Waals surface area contributed by atoms with Gasteiger partial charge >= 0.3 is 0 Å². The summed E-state index contributed by atoms with van der Waals surface area (Å²) in [6.07, 6.45) is 4.68. The van der Waals surface area contributed by atoms with E-state index in [1.165, 1.54) is 6.26 Å². The van der Waals surface area contributed by atoms with E-state index in [-0.39, 0.29) is 17.6 Å². The van der Waals surface area contributed by atoms with Crippen molar-refractivity contribution in [3.63, 3.8) is 0 Å². The molecule has 0 fully saturated rings. The maximum atomic E-state index is 12.1. The maximum absolute atomic E-state index is 12.1. The van der Waals surface area contributed by atoms with Crippen molar-refractivity contribution in [3.8, 4) is 0 Å². The highest BCUT2D eigenvalue weighted by molar-refractivity contribution is 7.98. The Morgan fingerprint density at radius 3 is 2.96 bits per heavy atom. The number of amides is 1. The summed E-state index contributed by atoms with van der Waals surface area (Å²) in [6.45, 7) is 0.431. The summed E-state index contributed by atoms with van der Waals surface area (Å²) in [5.41, 5.74) is 7.12. The molecule has 8 heteroatoms. The van der Waals surface area contributed by atoms with E-state index in [0.29, 0.717) is 28.9 Å². The molecule has 3 N–H and O–H groups in total. The van der Waals surface area contributed by atoms with Crippen molar-refractivity contribution < 1.29 is 9.21 Å². The summed E-state index contributed by atoms with van der Waals surface area (Å²) in [4.78, 5) is 16.3. The lowest BCUT2D eigenvalue weighted by molar-refractivity contribution is 0.0949. The molecule has 1 heterocycles. The third-order valence-corrected chi connectivity index (χ3v) is 4.63. The smallest absolute Gasteiger partial charge is 0.273 e. The lowest BCUT2D eigenvalue weighted by atomic mass is 10.1. The molecule has 0 aliphatic rings. The number of nitrogens with one attached hydrogen (secondary N) is 1. The van der Waals surface area contributed by atoms with Gasteiger partial charge in [0.15, 0.2) is 5.69 Å². The molecule has 0 spiro atoms. The van der Waals surface area contributed by atoms with Gasteiger partial charge in [0.2, 0.25) is 5.89 Å². The van der Waals surface area contributed by atoms with Crippen LogP contribution in [0.25, 0.3) is 0 Å². The molecule has 0 aliphatic heterocycles. The second-order valence-corrected chi connectivity index (χ2v) is 7.03. The molecule has 1 aromatic carbocycles. The molecule has 0 radical (unpaired) electrons. The van der Waals surface area contributed by atoms with Gasteiger partial charge in [0, 0.05) is 16.6 Å². The Morgan fingerprint density at radius 1 is 1.46 bits per heavy atom. The Labute approximate surface area is 155 Å². The van der Waals surface area contributed by atoms with E-state index >= 15 is 0 Å². The van der Waals surface area contributed by atoms with E-state index < -0.39 is 0 Å². The zero-order valence-corrected chi connectivity index (χ0v) is 15.5. The largest absolute Gasteiger partial charge is 0.446 e. The zero-order chi connectivity index (χ0) is 17.5. The SMILES string of the molecule is CSCCC(N)c1nc(C(=O)NCCc2ccc(Cl)cc2Cl)co1. The van der Waals surface area contributed by atoms with Crippen LogP contribution in [0.3, 0.4) is 0 Å². The highest BCUT2D eigenvalue weighted by atomic mass is 35.5. The minimum absolute atomic E-state index is 0.229. The summed E-state index contributed by atoms with van der Waals surface area (Å²) in [5.74, 6) is 0.995. The van der Waals surface area contributed by atoms with E-state index in [1.807, 2.05) is 12.3 Å². The number of carbonyl (C=O) groups excluding carboxylic acids is 1. The molecule has 1 amide bonds. The van der Waals surface area contributed by atoms with Crippen LogP contribution in [-0.4, -0.2) is 29.4 Å². The number of aromatic nitrogens is 1. The van der Waals surface area contributed by atoms with Crippen LogP contribution in [0.4, 0.5) is 0 Å². The molecule has 1 unspecified atom stereocenters. The van der Waals surface area contributed by atoms with Gasteiger partial charge in [-0.05, 0) is 42.5 Å². The molecule has 2 aromatic rings. The monoisotopic (exact) mass is 387 g/mol. The summed E-state index contributed by atoms with van der Waals surface area (Å²) >= 11 is 13.7. The highest BCUT2D eigenvalue weighted by Crippen LogP contribution is 2.21. The van der Waals surface area contributed by atoms with Gasteiger partial charge in [-0.25, -0.2) is 4.98 Å². The van der Waals surface area contributed by atoms with Crippen molar-refractivity contribution in [1.29, 1.82) is 0 Å². The van der Waals surface area contributed by atoms with Crippen LogP contribution in [0, 0.1) is 0 Å². The van der Waals surface area contributed by atoms with Crippen molar-refractivity contribution in [1.82, 2.24) is 10.3 Å². The van der Waals surface area contributed by atoms with Crippen LogP contribution in [0.5, 0.6) is 0 Å². The number of halogens is 2. The lowest BCUT2D eigenvalue weighted by Crippen LogP contribution is -2.26. The van der Waals surface area contributed by atoms with E-state index in [1.54, 1.807) is 23.9 Å². The molecule has 24 heavy (non-hydrogen) atoms. The van der Waals surface area contributed by atoms with Gasteiger partial charge in [-0.15, -0.1) is 0 Å². The molecule has 5 nitrogen and oxygen atoms in total. The van der Waals surface area contributed by atoms with E-state index in [4.69, 9.17) is 33.4 Å². The van der Waals surface area contributed by atoms with Crippen LogP contribution < -0.4 is 11.1 Å². The van der Waals surface area contributed by atoms with Gasteiger partial charge in [0.1, 0.15) is 6.26 Å². The third kappa shape index (κ3) is 5.41. The quantitative estimate of drug-likeness (QED) is 0.721. The second-order valence-electron chi connectivity index (χ2n) is 5.20. The summed E-state index contributed by atoms with van der Waals surface area (Å²) in [7, 11) is 0. The van der Waals surface area contributed by atoms with E-state index in [0.717, 1.165) is 17.7 Å². The number of oxazole rings is 1. The Kier molecular flexibility index (Phi) is 7.42. The average molecular weight is 388 g/mol. The molecular weight excluding hydrogens is 369 g/mol.